The van der Waals surface area contributed by atoms with E-state index >= 15 is 0 Å². The van der Waals surface area contributed by atoms with E-state index in [0.717, 1.165) is 71.9 Å². The minimum absolute atomic E-state index is 0.0520. The van der Waals surface area contributed by atoms with Gasteiger partial charge in [0, 0.05) is 62.0 Å². The van der Waals surface area contributed by atoms with Crippen LogP contribution in [0.5, 0.6) is 5.75 Å². The number of fused-ring (bicyclic) bond motifs is 1. The number of rotatable bonds is 8. The molecule has 1 amide bonds. The van der Waals surface area contributed by atoms with Gasteiger partial charge < -0.3 is 15.2 Å². The number of hydrogen-bond donors (Lipinski definition) is 2. The molecule has 0 bridgehead atoms. The van der Waals surface area contributed by atoms with E-state index in [1.54, 1.807) is 13.3 Å². The van der Waals surface area contributed by atoms with Crippen LogP contribution in [0.25, 0.3) is 22.0 Å². The molecular weight excluding hydrogens is 418 g/mol. The molecule has 3 aromatic rings. The van der Waals surface area contributed by atoms with Crippen LogP contribution in [0.3, 0.4) is 0 Å². The summed E-state index contributed by atoms with van der Waals surface area (Å²) in [4.78, 5) is 26.3. The van der Waals surface area contributed by atoms with Gasteiger partial charge in [-0.15, -0.1) is 0 Å². The van der Waals surface area contributed by atoms with Gasteiger partial charge in [0.15, 0.2) is 0 Å². The maximum Gasteiger partial charge on any atom is 0.238 e. The summed E-state index contributed by atoms with van der Waals surface area (Å²) in [6.45, 7) is 6.54. The molecule has 0 atom stereocenters. The van der Waals surface area contributed by atoms with E-state index in [1.807, 2.05) is 37.3 Å². The number of aliphatic hydroxyl groups excluding tert-OH is 1. The second kappa shape index (κ2) is 10.7. The highest BCUT2D eigenvalue weighted by Crippen LogP contribution is 2.33. The molecule has 0 spiro atoms. The fourth-order valence-corrected chi connectivity index (χ4v) is 4.15. The molecule has 8 nitrogen and oxygen atoms in total. The fraction of sp³-hybridized carbons (Fsp3) is 0.400. The van der Waals surface area contributed by atoms with Gasteiger partial charge in [0.05, 0.1) is 26.0 Å². The van der Waals surface area contributed by atoms with Crippen LogP contribution >= 0.6 is 0 Å². The molecule has 0 unspecified atom stereocenters. The second-order valence-electron chi connectivity index (χ2n) is 8.21. The number of β-amino-alcohol motifs (C(OH)–C–C–N with tert-alkyl or cyclic N) is 1. The van der Waals surface area contributed by atoms with Crippen molar-refractivity contribution in [2.45, 2.75) is 13.3 Å². The van der Waals surface area contributed by atoms with Gasteiger partial charge in [0.25, 0.3) is 0 Å². The lowest BCUT2D eigenvalue weighted by molar-refractivity contribution is -0.117. The molecule has 1 fully saturated rings. The zero-order valence-electron chi connectivity index (χ0n) is 19.3. The first-order chi connectivity index (χ1) is 16.1. The van der Waals surface area contributed by atoms with E-state index < -0.39 is 0 Å². The molecule has 4 rings (SSSR count). The van der Waals surface area contributed by atoms with Crippen LogP contribution in [0.1, 0.15) is 12.7 Å². The molecule has 0 radical (unpaired) electrons. The Morgan fingerprint density at radius 1 is 1.12 bits per heavy atom. The quantitative estimate of drug-likeness (QED) is 0.546. The van der Waals surface area contributed by atoms with E-state index in [0.29, 0.717) is 13.1 Å². The number of aryl methyl sites for hydroxylation is 1. The van der Waals surface area contributed by atoms with Gasteiger partial charge in [0.1, 0.15) is 11.6 Å². The van der Waals surface area contributed by atoms with E-state index in [-0.39, 0.29) is 12.5 Å². The molecule has 1 saturated heterocycles. The highest BCUT2D eigenvalue weighted by atomic mass is 16.5. The number of nitrogens with one attached hydrogen (secondary N) is 1. The largest absolute Gasteiger partial charge is 0.497 e. The van der Waals surface area contributed by atoms with Crippen LogP contribution in [-0.4, -0.2) is 83.8 Å². The summed E-state index contributed by atoms with van der Waals surface area (Å²) in [7, 11) is 1.64. The first kappa shape index (κ1) is 23.1. The van der Waals surface area contributed by atoms with Crippen LogP contribution in [0.15, 0.2) is 42.6 Å². The van der Waals surface area contributed by atoms with Gasteiger partial charge in [-0.3, -0.25) is 14.6 Å². The fourth-order valence-electron chi connectivity index (χ4n) is 4.15. The van der Waals surface area contributed by atoms with E-state index in [9.17, 15) is 4.79 Å². The smallest absolute Gasteiger partial charge is 0.238 e. The summed E-state index contributed by atoms with van der Waals surface area (Å²) in [6, 6.07) is 11.8. The Kier molecular flexibility index (Phi) is 7.49. The van der Waals surface area contributed by atoms with Crippen molar-refractivity contribution in [1.82, 2.24) is 19.8 Å². The molecule has 2 heterocycles. The summed E-state index contributed by atoms with van der Waals surface area (Å²) >= 11 is 0. The maximum atomic E-state index is 13.0. The van der Waals surface area contributed by atoms with Crippen molar-refractivity contribution in [3.8, 4) is 17.0 Å². The first-order valence-corrected chi connectivity index (χ1v) is 11.4. The van der Waals surface area contributed by atoms with Crippen molar-refractivity contribution in [2.75, 3.05) is 58.3 Å². The summed E-state index contributed by atoms with van der Waals surface area (Å²) in [5.74, 6) is 1.47. The molecule has 2 aromatic carbocycles. The third-order valence-electron chi connectivity index (χ3n) is 6.00. The highest BCUT2D eigenvalue weighted by molar-refractivity contribution is 6.05. The number of aromatic nitrogens is 2. The maximum absolute atomic E-state index is 13.0. The average molecular weight is 450 g/mol. The number of carbonyl (C=O) groups excluding carboxylic acids is 1. The third-order valence-corrected chi connectivity index (χ3v) is 6.00. The number of benzene rings is 2. The number of methoxy groups -OCH3 is 1. The first-order valence-electron chi connectivity index (χ1n) is 11.4. The lowest BCUT2D eigenvalue weighted by Gasteiger charge is -2.33. The summed E-state index contributed by atoms with van der Waals surface area (Å²) < 4.78 is 5.41. The van der Waals surface area contributed by atoms with Crippen LogP contribution < -0.4 is 10.1 Å². The molecule has 8 heteroatoms. The molecule has 0 saturated carbocycles. The Morgan fingerprint density at radius 3 is 2.64 bits per heavy atom. The normalized spacial score (nSPS) is 15.0. The van der Waals surface area contributed by atoms with Crippen molar-refractivity contribution in [1.29, 1.82) is 0 Å². The topological polar surface area (TPSA) is 90.8 Å². The lowest BCUT2D eigenvalue weighted by Crippen LogP contribution is -2.49. The van der Waals surface area contributed by atoms with Gasteiger partial charge in [0.2, 0.25) is 5.91 Å². The Morgan fingerprint density at radius 2 is 1.91 bits per heavy atom. The number of anilines is 1. The predicted octanol–water partition coefficient (Wildman–Crippen LogP) is 2.42. The van der Waals surface area contributed by atoms with E-state index in [2.05, 4.69) is 31.2 Å². The van der Waals surface area contributed by atoms with Crippen molar-refractivity contribution in [2.24, 2.45) is 0 Å². The van der Waals surface area contributed by atoms with Crippen LogP contribution in [0.4, 0.5) is 5.69 Å². The number of piperazine rings is 1. The van der Waals surface area contributed by atoms with Crippen molar-refractivity contribution >= 4 is 22.4 Å². The van der Waals surface area contributed by atoms with Gasteiger partial charge in [-0.05, 0) is 35.7 Å². The highest BCUT2D eigenvalue weighted by Gasteiger charge is 2.19. The summed E-state index contributed by atoms with van der Waals surface area (Å²) in [5.41, 5.74) is 2.50. The van der Waals surface area contributed by atoms with Gasteiger partial charge in [-0.2, -0.15) is 0 Å². The lowest BCUT2D eigenvalue weighted by atomic mass is 10.0. The van der Waals surface area contributed by atoms with E-state index in [4.69, 9.17) is 9.84 Å². The molecule has 174 valence electrons. The molecule has 1 aromatic heterocycles. The SMILES string of the molecule is CCc1nccc(-c2cc(NC(=O)CN3CCN(CCO)CC3)c3cc(OC)ccc3c2)n1. The van der Waals surface area contributed by atoms with Gasteiger partial charge >= 0.3 is 0 Å². The molecule has 0 aliphatic carbocycles. The number of aliphatic hydroxyl groups is 1. The van der Waals surface area contributed by atoms with Crippen molar-refractivity contribution in [3.05, 3.63) is 48.4 Å². The van der Waals surface area contributed by atoms with Crippen molar-refractivity contribution in [3.63, 3.8) is 0 Å². The summed E-state index contributed by atoms with van der Waals surface area (Å²) in [5, 5.41) is 14.2. The summed E-state index contributed by atoms with van der Waals surface area (Å²) in [6.07, 6.45) is 2.53. The number of amides is 1. The molecule has 1 aliphatic rings. The minimum atomic E-state index is -0.0520. The van der Waals surface area contributed by atoms with Crippen LogP contribution in [0.2, 0.25) is 0 Å². The minimum Gasteiger partial charge on any atom is -0.497 e. The van der Waals surface area contributed by atoms with E-state index in [1.165, 1.54) is 0 Å². The number of hydrogen-bond acceptors (Lipinski definition) is 7. The zero-order chi connectivity index (χ0) is 23.2. The number of carbonyl (C=O) groups is 1. The second-order valence-corrected chi connectivity index (χ2v) is 8.21. The number of nitrogens with zero attached hydrogens (tertiary/aromatic N) is 4. The Balaban J connectivity index is 1.58. The average Bonchev–Trinajstić information content (AvgIpc) is 2.85. The van der Waals surface area contributed by atoms with Crippen LogP contribution in [0, 0.1) is 0 Å². The standard InChI is InChI=1S/C25H31N5O3/c1-3-24-26-7-6-22(27-24)19-14-18-4-5-20(33-2)16-21(18)23(15-19)28-25(32)17-30-10-8-29(9-11-30)12-13-31/h4-7,14-16,31H,3,8-13,17H2,1-2H3,(H,28,32). The zero-order valence-corrected chi connectivity index (χ0v) is 19.3. The third kappa shape index (κ3) is 5.65. The number of ether oxygens (including phenoxy) is 1. The molecule has 1 aliphatic heterocycles. The van der Waals surface area contributed by atoms with Gasteiger partial charge in [-0.25, -0.2) is 9.97 Å². The Hall–Kier alpha value is -3.07. The van der Waals surface area contributed by atoms with Gasteiger partial charge in [-0.1, -0.05) is 13.0 Å². The Labute approximate surface area is 194 Å². The molecular formula is C25H31N5O3. The Bertz CT molecular complexity index is 1110. The van der Waals surface area contributed by atoms with Crippen LogP contribution in [-0.2, 0) is 11.2 Å². The monoisotopic (exact) mass is 449 g/mol. The molecule has 33 heavy (non-hydrogen) atoms. The predicted molar refractivity (Wildman–Crippen MR) is 129 cm³/mol. The van der Waals surface area contributed by atoms with Crippen molar-refractivity contribution < 1.29 is 14.6 Å². The molecule has 2 N–H and O–H groups in total.